The largest absolute Gasteiger partial charge is 0.493 e. The molecule has 2 aromatic rings. The lowest BCUT2D eigenvalue weighted by molar-refractivity contribution is 0.309. The van der Waals surface area contributed by atoms with Gasteiger partial charge in [0.1, 0.15) is 0 Å². The maximum absolute atomic E-state index is 5.69. The molecule has 0 unspecified atom stereocenters. The first kappa shape index (κ1) is 18.1. The summed E-state index contributed by atoms with van der Waals surface area (Å²) in [6.45, 7) is 6.32. The number of hydrogen-bond acceptors (Lipinski definition) is 4. The Morgan fingerprint density at radius 3 is 2.62 bits per heavy atom. The molecule has 24 heavy (non-hydrogen) atoms. The summed E-state index contributed by atoms with van der Waals surface area (Å²) < 4.78 is 12.2. The summed E-state index contributed by atoms with van der Waals surface area (Å²) in [7, 11) is 1.65. The van der Waals surface area contributed by atoms with E-state index >= 15 is 0 Å². The third-order valence-electron chi connectivity index (χ3n) is 3.27. The molecular formula is C19H21BrN2O2. The first-order chi connectivity index (χ1) is 11.7. The standard InChI is InChI=1S/C19H21BrN2O2/c1-4-6-15-11-14(12-18(24-5-2)19(15)23-3)13-21-22-17-9-7-16(20)8-10-17/h4,7-13,22H,1,5-6H2,2-3H3/b21-13+. The first-order valence-electron chi connectivity index (χ1n) is 7.67. The number of nitrogens with zero attached hydrogens (tertiary/aromatic N) is 1. The van der Waals surface area contributed by atoms with Crippen LogP contribution in [0.5, 0.6) is 11.5 Å². The van der Waals surface area contributed by atoms with Gasteiger partial charge in [-0.2, -0.15) is 5.10 Å². The fraction of sp³-hybridized carbons (Fsp3) is 0.211. The van der Waals surface area contributed by atoms with Gasteiger partial charge in [0.05, 0.1) is 25.6 Å². The second kappa shape index (κ2) is 9.13. The van der Waals surface area contributed by atoms with Crippen LogP contribution in [-0.2, 0) is 6.42 Å². The van der Waals surface area contributed by atoms with Gasteiger partial charge >= 0.3 is 0 Å². The minimum absolute atomic E-state index is 0.571. The minimum atomic E-state index is 0.571. The fourth-order valence-corrected chi connectivity index (χ4v) is 2.53. The zero-order chi connectivity index (χ0) is 17.4. The molecule has 0 fully saturated rings. The van der Waals surface area contributed by atoms with Crippen molar-refractivity contribution in [2.75, 3.05) is 19.1 Å². The number of benzene rings is 2. The molecule has 0 heterocycles. The monoisotopic (exact) mass is 388 g/mol. The predicted molar refractivity (Wildman–Crippen MR) is 103 cm³/mol. The molecule has 0 amide bonds. The number of halogens is 1. The fourth-order valence-electron chi connectivity index (χ4n) is 2.27. The molecule has 4 nitrogen and oxygen atoms in total. The second-order valence-electron chi connectivity index (χ2n) is 5.01. The summed E-state index contributed by atoms with van der Waals surface area (Å²) in [5.41, 5.74) is 5.87. The van der Waals surface area contributed by atoms with E-state index in [0.717, 1.165) is 27.0 Å². The van der Waals surface area contributed by atoms with Crippen LogP contribution < -0.4 is 14.9 Å². The van der Waals surface area contributed by atoms with Gasteiger partial charge in [-0.05, 0) is 55.3 Å². The highest BCUT2D eigenvalue weighted by Gasteiger charge is 2.11. The van der Waals surface area contributed by atoms with Crippen molar-refractivity contribution >= 4 is 27.8 Å². The molecule has 5 heteroatoms. The molecule has 0 atom stereocenters. The molecule has 0 bridgehead atoms. The normalized spacial score (nSPS) is 10.6. The summed E-state index contributed by atoms with van der Waals surface area (Å²) in [5, 5.41) is 4.29. The van der Waals surface area contributed by atoms with E-state index < -0.39 is 0 Å². The summed E-state index contributed by atoms with van der Waals surface area (Å²) in [6.07, 6.45) is 4.30. The zero-order valence-corrected chi connectivity index (χ0v) is 15.5. The average molecular weight is 389 g/mol. The smallest absolute Gasteiger partial charge is 0.164 e. The Morgan fingerprint density at radius 1 is 1.25 bits per heavy atom. The third-order valence-corrected chi connectivity index (χ3v) is 3.80. The van der Waals surface area contributed by atoms with E-state index in [1.165, 1.54) is 0 Å². The van der Waals surface area contributed by atoms with Crippen LogP contribution in [0, 0.1) is 0 Å². The topological polar surface area (TPSA) is 42.9 Å². The second-order valence-corrected chi connectivity index (χ2v) is 5.93. The maximum atomic E-state index is 5.69. The van der Waals surface area contributed by atoms with Crippen LogP contribution in [0.2, 0.25) is 0 Å². The molecular weight excluding hydrogens is 368 g/mol. The van der Waals surface area contributed by atoms with Gasteiger partial charge < -0.3 is 9.47 Å². The van der Waals surface area contributed by atoms with Gasteiger partial charge in [-0.25, -0.2) is 0 Å². The molecule has 2 aromatic carbocycles. The van der Waals surface area contributed by atoms with Crippen LogP contribution in [-0.4, -0.2) is 19.9 Å². The molecule has 126 valence electrons. The van der Waals surface area contributed by atoms with E-state index in [-0.39, 0.29) is 0 Å². The van der Waals surface area contributed by atoms with Crippen molar-refractivity contribution in [3.63, 3.8) is 0 Å². The number of anilines is 1. The van der Waals surface area contributed by atoms with Gasteiger partial charge in [-0.15, -0.1) is 6.58 Å². The van der Waals surface area contributed by atoms with Crippen molar-refractivity contribution in [1.29, 1.82) is 0 Å². The van der Waals surface area contributed by atoms with E-state index in [2.05, 4.69) is 33.0 Å². The zero-order valence-electron chi connectivity index (χ0n) is 13.9. The first-order valence-corrected chi connectivity index (χ1v) is 8.46. The number of nitrogens with one attached hydrogen (secondary N) is 1. The van der Waals surface area contributed by atoms with Crippen molar-refractivity contribution < 1.29 is 9.47 Å². The van der Waals surface area contributed by atoms with E-state index in [1.54, 1.807) is 13.3 Å². The van der Waals surface area contributed by atoms with Crippen LogP contribution in [0.4, 0.5) is 5.69 Å². The molecule has 1 N–H and O–H groups in total. The number of allylic oxidation sites excluding steroid dienone is 1. The SMILES string of the molecule is C=CCc1cc(/C=N/Nc2ccc(Br)cc2)cc(OCC)c1OC. The minimum Gasteiger partial charge on any atom is -0.493 e. The number of methoxy groups -OCH3 is 1. The van der Waals surface area contributed by atoms with Crippen LogP contribution >= 0.6 is 15.9 Å². The van der Waals surface area contributed by atoms with Gasteiger partial charge in [-0.1, -0.05) is 22.0 Å². The van der Waals surface area contributed by atoms with Gasteiger partial charge in [0, 0.05) is 10.0 Å². The summed E-state index contributed by atoms with van der Waals surface area (Å²) in [4.78, 5) is 0. The molecule has 0 aliphatic heterocycles. The lowest BCUT2D eigenvalue weighted by Crippen LogP contribution is -2.01. The highest BCUT2D eigenvalue weighted by molar-refractivity contribution is 9.10. The van der Waals surface area contributed by atoms with Gasteiger partial charge in [0.2, 0.25) is 0 Å². The highest BCUT2D eigenvalue weighted by atomic mass is 79.9. The number of hydrazone groups is 1. The van der Waals surface area contributed by atoms with Crippen LogP contribution in [0.3, 0.4) is 0 Å². The van der Waals surface area contributed by atoms with Crippen LogP contribution in [0.15, 0.2) is 58.6 Å². The molecule has 0 aliphatic rings. The number of ether oxygens (including phenoxy) is 2. The van der Waals surface area contributed by atoms with Crippen molar-refractivity contribution in [1.82, 2.24) is 0 Å². The highest BCUT2D eigenvalue weighted by Crippen LogP contribution is 2.33. The molecule has 0 aromatic heterocycles. The number of rotatable bonds is 8. The molecule has 0 aliphatic carbocycles. The molecule has 0 radical (unpaired) electrons. The predicted octanol–water partition coefficient (Wildman–Crippen LogP) is 5.03. The average Bonchev–Trinajstić information content (AvgIpc) is 2.57. The summed E-state index contributed by atoms with van der Waals surface area (Å²) in [6, 6.07) is 11.8. The van der Waals surface area contributed by atoms with Gasteiger partial charge in [-0.3, -0.25) is 5.43 Å². The molecule has 2 rings (SSSR count). The number of hydrogen-bond donors (Lipinski definition) is 1. The van der Waals surface area contributed by atoms with Crippen molar-refractivity contribution in [2.24, 2.45) is 5.10 Å². The Bertz CT molecular complexity index is 712. The van der Waals surface area contributed by atoms with Gasteiger partial charge in [0.25, 0.3) is 0 Å². The molecule has 0 saturated heterocycles. The van der Waals surface area contributed by atoms with E-state index in [0.29, 0.717) is 18.8 Å². The Kier molecular flexibility index (Phi) is 6.88. The van der Waals surface area contributed by atoms with Gasteiger partial charge in [0.15, 0.2) is 11.5 Å². The Morgan fingerprint density at radius 2 is 2.00 bits per heavy atom. The van der Waals surface area contributed by atoms with E-state index in [4.69, 9.17) is 9.47 Å². The van der Waals surface area contributed by atoms with Crippen molar-refractivity contribution in [3.05, 3.63) is 64.7 Å². The summed E-state index contributed by atoms with van der Waals surface area (Å²) in [5.74, 6) is 1.46. The van der Waals surface area contributed by atoms with Crippen LogP contribution in [0.25, 0.3) is 0 Å². The maximum Gasteiger partial charge on any atom is 0.164 e. The third kappa shape index (κ3) is 4.86. The van der Waals surface area contributed by atoms with Crippen molar-refractivity contribution in [3.8, 4) is 11.5 Å². The summed E-state index contributed by atoms with van der Waals surface area (Å²) >= 11 is 3.41. The Balaban J connectivity index is 2.23. The van der Waals surface area contributed by atoms with E-state index in [9.17, 15) is 0 Å². The lowest BCUT2D eigenvalue weighted by Gasteiger charge is -2.14. The Labute approximate surface area is 151 Å². The van der Waals surface area contributed by atoms with E-state index in [1.807, 2.05) is 49.4 Å². The quantitative estimate of drug-likeness (QED) is 0.391. The van der Waals surface area contributed by atoms with Crippen LogP contribution in [0.1, 0.15) is 18.1 Å². The molecule has 0 saturated carbocycles. The Hall–Kier alpha value is -2.27. The molecule has 0 spiro atoms. The lowest BCUT2D eigenvalue weighted by atomic mass is 10.1. The van der Waals surface area contributed by atoms with Crippen molar-refractivity contribution in [2.45, 2.75) is 13.3 Å².